The number of hydrogen-bond donors (Lipinski definition) is 1. The standard InChI is InChI=1S/C22H21ClF3N5O3S/c1-4-35(3,33)31-16-5-6-18(29-12-16)20-19(27-7-8-28-20)13(2)30-21(32)14-9-15(23)11-17(10-14)34-22(24,25)26/h5-13H,4H2,1-3H3,(H,30,32)/t13-,35?/m0/s1. The molecule has 0 fully saturated rings. The van der Waals surface area contributed by atoms with Gasteiger partial charge in [-0.2, -0.15) is 4.36 Å². The van der Waals surface area contributed by atoms with Crippen molar-refractivity contribution in [3.8, 4) is 17.1 Å². The van der Waals surface area contributed by atoms with Crippen LogP contribution in [0.4, 0.5) is 18.9 Å². The topological polar surface area (TPSA) is 106 Å². The van der Waals surface area contributed by atoms with Crippen LogP contribution >= 0.6 is 11.6 Å². The van der Waals surface area contributed by atoms with Gasteiger partial charge >= 0.3 is 6.36 Å². The number of halogens is 4. The summed E-state index contributed by atoms with van der Waals surface area (Å²) in [4.78, 5) is 25.7. The van der Waals surface area contributed by atoms with Crippen molar-refractivity contribution in [1.82, 2.24) is 20.3 Å². The number of aromatic nitrogens is 3. The van der Waals surface area contributed by atoms with E-state index < -0.39 is 33.8 Å². The zero-order chi connectivity index (χ0) is 25.8. The van der Waals surface area contributed by atoms with E-state index in [1.165, 1.54) is 24.7 Å². The molecular formula is C22H21ClF3N5O3S. The largest absolute Gasteiger partial charge is 0.573 e. The van der Waals surface area contributed by atoms with Crippen LogP contribution in [0.1, 0.15) is 35.9 Å². The van der Waals surface area contributed by atoms with Crippen LogP contribution in [-0.4, -0.2) is 43.4 Å². The second-order valence-corrected chi connectivity index (χ2v) is 10.6. The Hall–Kier alpha value is -3.25. The molecule has 0 radical (unpaired) electrons. The second kappa shape index (κ2) is 10.6. The Morgan fingerprint density at radius 3 is 2.54 bits per heavy atom. The van der Waals surface area contributed by atoms with Gasteiger partial charge in [0, 0.05) is 44.7 Å². The summed E-state index contributed by atoms with van der Waals surface area (Å²) in [5.74, 6) is -0.906. The summed E-state index contributed by atoms with van der Waals surface area (Å²) in [6.07, 6.45) is 0.989. The van der Waals surface area contributed by atoms with Gasteiger partial charge in [-0.05, 0) is 37.3 Å². The van der Waals surface area contributed by atoms with Gasteiger partial charge in [-0.1, -0.05) is 18.5 Å². The molecule has 3 aromatic rings. The Kier molecular flexibility index (Phi) is 7.96. The number of rotatable bonds is 7. The molecular weight excluding hydrogens is 507 g/mol. The third-order valence-corrected chi connectivity index (χ3v) is 6.56. The molecule has 2 atom stereocenters. The summed E-state index contributed by atoms with van der Waals surface area (Å²) in [6, 6.07) is 5.70. The van der Waals surface area contributed by atoms with Gasteiger partial charge in [0.05, 0.1) is 29.3 Å². The lowest BCUT2D eigenvalue weighted by molar-refractivity contribution is -0.274. The number of carbonyl (C=O) groups excluding carboxylic acids is 1. The van der Waals surface area contributed by atoms with Crippen molar-refractivity contribution in [1.29, 1.82) is 0 Å². The van der Waals surface area contributed by atoms with Crippen molar-refractivity contribution < 1.29 is 26.9 Å². The Morgan fingerprint density at radius 1 is 1.20 bits per heavy atom. The fraction of sp³-hybridized carbons (Fsp3) is 0.273. The van der Waals surface area contributed by atoms with Gasteiger partial charge in [0.2, 0.25) is 0 Å². The van der Waals surface area contributed by atoms with E-state index in [0.29, 0.717) is 28.5 Å². The van der Waals surface area contributed by atoms with Crippen molar-refractivity contribution in [2.75, 3.05) is 12.0 Å². The molecule has 1 amide bonds. The highest BCUT2D eigenvalue weighted by atomic mass is 35.5. The molecule has 0 saturated carbocycles. The number of nitrogens with zero attached hydrogens (tertiary/aromatic N) is 4. The van der Waals surface area contributed by atoms with Crippen LogP contribution < -0.4 is 10.1 Å². The Labute approximate surface area is 205 Å². The summed E-state index contributed by atoms with van der Waals surface area (Å²) in [6.45, 7) is 3.42. The summed E-state index contributed by atoms with van der Waals surface area (Å²) < 4.78 is 58.0. The molecule has 35 heavy (non-hydrogen) atoms. The summed E-state index contributed by atoms with van der Waals surface area (Å²) >= 11 is 5.86. The van der Waals surface area contributed by atoms with Gasteiger partial charge in [0.15, 0.2) is 0 Å². The summed E-state index contributed by atoms with van der Waals surface area (Å²) in [7, 11) is -2.35. The third kappa shape index (κ3) is 7.36. The predicted octanol–water partition coefficient (Wildman–Crippen LogP) is 5.33. The van der Waals surface area contributed by atoms with Crippen molar-refractivity contribution >= 4 is 32.9 Å². The number of ether oxygens (including phenoxy) is 1. The molecule has 1 N–H and O–H groups in total. The maximum Gasteiger partial charge on any atom is 0.573 e. The average molecular weight is 528 g/mol. The van der Waals surface area contributed by atoms with Crippen LogP contribution in [0.25, 0.3) is 11.4 Å². The number of carbonyl (C=O) groups is 1. The monoisotopic (exact) mass is 527 g/mol. The minimum Gasteiger partial charge on any atom is -0.406 e. The van der Waals surface area contributed by atoms with E-state index in [4.69, 9.17) is 11.6 Å². The lowest BCUT2D eigenvalue weighted by atomic mass is 10.1. The van der Waals surface area contributed by atoms with E-state index in [0.717, 1.165) is 12.1 Å². The molecule has 13 heteroatoms. The van der Waals surface area contributed by atoms with Crippen molar-refractivity contribution in [3.05, 3.63) is 65.2 Å². The normalized spacial score (nSPS) is 14.0. The first-order valence-corrected chi connectivity index (χ1v) is 12.7. The van der Waals surface area contributed by atoms with Gasteiger partial charge in [0.1, 0.15) is 11.4 Å². The van der Waals surface area contributed by atoms with E-state index in [9.17, 15) is 22.2 Å². The fourth-order valence-electron chi connectivity index (χ4n) is 2.97. The number of alkyl halides is 3. The summed E-state index contributed by atoms with van der Waals surface area (Å²) in [5.41, 5.74) is 1.52. The molecule has 2 heterocycles. The third-order valence-electron chi connectivity index (χ3n) is 4.68. The van der Waals surface area contributed by atoms with Crippen LogP contribution in [0, 0.1) is 0 Å². The molecule has 3 rings (SSSR count). The first kappa shape index (κ1) is 26.4. The van der Waals surface area contributed by atoms with Crippen LogP contribution in [0.5, 0.6) is 5.75 Å². The zero-order valence-corrected chi connectivity index (χ0v) is 20.4. The molecule has 0 bridgehead atoms. The molecule has 0 spiro atoms. The lowest BCUT2D eigenvalue weighted by Crippen LogP contribution is -2.28. The van der Waals surface area contributed by atoms with Crippen LogP contribution in [0.15, 0.2) is 53.3 Å². The molecule has 8 nitrogen and oxygen atoms in total. The highest BCUT2D eigenvalue weighted by Crippen LogP contribution is 2.28. The van der Waals surface area contributed by atoms with E-state index in [-0.39, 0.29) is 10.6 Å². The Bertz CT molecular complexity index is 1340. The zero-order valence-electron chi connectivity index (χ0n) is 18.8. The number of benzene rings is 1. The minimum atomic E-state index is -4.93. The highest BCUT2D eigenvalue weighted by Gasteiger charge is 2.31. The van der Waals surface area contributed by atoms with Crippen molar-refractivity contribution in [2.24, 2.45) is 4.36 Å². The minimum absolute atomic E-state index is 0.0986. The second-order valence-electron chi connectivity index (χ2n) is 7.45. The molecule has 0 saturated heterocycles. The van der Waals surface area contributed by atoms with Crippen molar-refractivity contribution in [2.45, 2.75) is 26.3 Å². The molecule has 0 aliphatic heterocycles. The molecule has 0 aliphatic rings. The van der Waals surface area contributed by atoms with Gasteiger partial charge in [0.25, 0.3) is 5.91 Å². The maximum atomic E-state index is 12.7. The highest BCUT2D eigenvalue weighted by molar-refractivity contribution is 7.93. The van der Waals surface area contributed by atoms with E-state index >= 15 is 0 Å². The number of amides is 1. The number of pyridine rings is 1. The van der Waals surface area contributed by atoms with Crippen molar-refractivity contribution in [3.63, 3.8) is 0 Å². The molecule has 1 unspecified atom stereocenters. The van der Waals surface area contributed by atoms with Crippen LogP contribution in [-0.2, 0) is 9.73 Å². The fourth-order valence-corrected chi connectivity index (χ4v) is 3.87. The van der Waals surface area contributed by atoms with Crippen LogP contribution in [0.3, 0.4) is 0 Å². The van der Waals surface area contributed by atoms with Gasteiger partial charge < -0.3 is 10.1 Å². The Morgan fingerprint density at radius 2 is 1.91 bits per heavy atom. The van der Waals surface area contributed by atoms with Gasteiger partial charge in [-0.15, -0.1) is 13.2 Å². The van der Waals surface area contributed by atoms with E-state index in [1.807, 2.05) is 0 Å². The molecule has 186 valence electrons. The SMILES string of the molecule is CCS(C)(=O)=Nc1ccc(-c2nccnc2[C@H](C)NC(=O)c2cc(Cl)cc(OC(F)(F)F)c2)nc1. The average Bonchev–Trinajstić information content (AvgIpc) is 2.78. The number of nitrogens with one attached hydrogen (secondary N) is 1. The van der Waals surface area contributed by atoms with E-state index in [1.54, 1.807) is 32.2 Å². The molecule has 2 aromatic heterocycles. The summed E-state index contributed by atoms with van der Waals surface area (Å²) in [5, 5.41) is 2.57. The molecule has 0 aliphatic carbocycles. The van der Waals surface area contributed by atoms with Crippen LogP contribution in [0.2, 0.25) is 5.02 Å². The Balaban J connectivity index is 1.85. The first-order chi connectivity index (χ1) is 16.4. The number of hydrogen-bond acceptors (Lipinski definition) is 7. The smallest absolute Gasteiger partial charge is 0.406 e. The lowest BCUT2D eigenvalue weighted by Gasteiger charge is -2.17. The first-order valence-electron chi connectivity index (χ1n) is 10.2. The van der Waals surface area contributed by atoms with Gasteiger partial charge in [-0.3, -0.25) is 19.7 Å². The quantitative estimate of drug-likeness (QED) is 0.445. The van der Waals surface area contributed by atoms with E-state index in [2.05, 4.69) is 29.4 Å². The van der Waals surface area contributed by atoms with Gasteiger partial charge in [-0.25, -0.2) is 4.21 Å². The molecule has 1 aromatic carbocycles. The predicted molar refractivity (Wildman–Crippen MR) is 126 cm³/mol. The maximum absolute atomic E-state index is 12.7.